The highest BCUT2D eigenvalue weighted by molar-refractivity contribution is 6.03. The molecule has 2 aliphatic heterocycles. The molecular formula is C37H39F2N5O3. The van der Waals surface area contributed by atoms with E-state index in [0.717, 1.165) is 32.2 Å². The molecule has 2 saturated carbocycles. The number of anilines is 1. The van der Waals surface area contributed by atoms with E-state index >= 15 is 4.39 Å². The Labute approximate surface area is 273 Å². The summed E-state index contributed by atoms with van der Waals surface area (Å²) in [6, 6.07) is 6.88. The number of fused-ring (bicyclic) bond motifs is 3. The van der Waals surface area contributed by atoms with Gasteiger partial charge in [0.1, 0.15) is 28.6 Å². The van der Waals surface area contributed by atoms with Crippen LogP contribution in [0.1, 0.15) is 63.4 Å². The van der Waals surface area contributed by atoms with Crippen LogP contribution in [-0.2, 0) is 4.74 Å². The largest absolute Gasteiger partial charge is 0.508 e. The normalized spacial score (nSPS) is 23.8. The number of pyridine rings is 1. The third-order valence-electron chi connectivity index (χ3n) is 11.0. The van der Waals surface area contributed by atoms with Crippen molar-refractivity contribution >= 4 is 27.5 Å². The van der Waals surface area contributed by atoms with Gasteiger partial charge in [-0.3, -0.25) is 9.88 Å². The zero-order valence-corrected chi connectivity index (χ0v) is 26.5. The number of likely N-dealkylation sites (tertiary alicyclic amines) is 1. The summed E-state index contributed by atoms with van der Waals surface area (Å²) in [6.07, 6.45) is 17.6. The summed E-state index contributed by atoms with van der Waals surface area (Å²) < 4.78 is 44.0. The molecule has 4 fully saturated rings. The zero-order chi connectivity index (χ0) is 32.1. The minimum Gasteiger partial charge on any atom is -0.508 e. The van der Waals surface area contributed by atoms with Crippen molar-refractivity contribution in [3.05, 3.63) is 47.7 Å². The first-order valence-corrected chi connectivity index (χ1v) is 17.0. The fourth-order valence-electron chi connectivity index (χ4n) is 8.53. The third kappa shape index (κ3) is 5.24. The van der Waals surface area contributed by atoms with Crippen molar-refractivity contribution in [2.45, 2.75) is 69.9 Å². The maximum Gasteiger partial charge on any atom is 0.319 e. The molecule has 47 heavy (non-hydrogen) atoms. The first-order valence-electron chi connectivity index (χ1n) is 17.0. The summed E-state index contributed by atoms with van der Waals surface area (Å²) in [7, 11) is 0. The lowest BCUT2D eigenvalue weighted by Crippen LogP contribution is -2.57. The number of hydrogen-bond donors (Lipinski definition) is 1. The number of phenolic OH excluding ortho intramolecular Hbond substituents is 1. The summed E-state index contributed by atoms with van der Waals surface area (Å²) in [5.74, 6) is 1.50. The number of benzene rings is 2. The Morgan fingerprint density at radius 3 is 2.72 bits per heavy atom. The highest BCUT2D eigenvalue weighted by atomic mass is 19.1. The molecule has 4 heterocycles. The van der Waals surface area contributed by atoms with Crippen LogP contribution in [0.25, 0.3) is 32.9 Å². The number of rotatable bonds is 6. The van der Waals surface area contributed by atoms with Crippen LogP contribution >= 0.6 is 0 Å². The van der Waals surface area contributed by atoms with Gasteiger partial charge in [-0.05, 0) is 75.1 Å². The highest BCUT2D eigenvalue weighted by Gasteiger charge is 2.50. The van der Waals surface area contributed by atoms with E-state index in [0.29, 0.717) is 67.0 Å². The Morgan fingerprint density at radius 1 is 1.02 bits per heavy atom. The maximum absolute atomic E-state index is 16.9. The van der Waals surface area contributed by atoms with Gasteiger partial charge in [0.25, 0.3) is 0 Å². The number of phenols is 1. The van der Waals surface area contributed by atoms with E-state index in [2.05, 4.69) is 25.7 Å². The van der Waals surface area contributed by atoms with Gasteiger partial charge in [0, 0.05) is 54.3 Å². The molecule has 8 rings (SSSR count). The van der Waals surface area contributed by atoms with Crippen LogP contribution in [0.5, 0.6) is 11.8 Å². The van der Waals surface area contributed by atoms with E-state index in [1.807, 2.05) is 0 Å². The number of aromatic nitrogens is 3. The summed E-state index contributed by atoms with van der Waals surface area (Å²) in [5.41, 5.74) is 0.151. The van der Waals surface area contributed by atoms with Crippen LogP contribution in [0.4, 0.5) is 14.6 Å². The number of terminal acetylenes is 1. The highest BCUT2D eigenvalue weighted by Crippen LogP contribution is 2.50. The number of aromatic hydroxyl groups is 1. The third-order valence-corrected chi connectivity index (χ3v) is 11.0. The Bertz CT molecular complexity index is 1880. The van der Waals surface area contributed by atoms with Gasteiger partial charge >= 0.3 is 6.01 Å². The topological polar surface area (TPSA) is 83.8 Å². The van der Waals surface area contributed by atoms with Gasteiger partial charge in [-0.2, -0.15) is 9.97 Å². The molecule has 0 spiro atoms. The van der Waals surface area contributed by atoms with Gasteiger partial charge in [-0.15, -0.1) is 6.42 Å². The van der Waals surface area contributed by atoms with Crippen molar-refractivity contribution in [3.63, 3.8) is 0 Å². The van der Waals surface area contributed by atoms with Crippen LogP contribution in [0.15, 0.2) is 30.5 Å². The lowest BCUT2D eigenvalue weighted by molar-refractivity contribution is -0.0399. The summed E-state index contributed by atoms with van der Waals surface area (Å²) in [6.45, 7) is 4.06. The summed E-state index contributed by atoms with van der Waals surface area (Å²) >= 11 is 0. The van der Waals surface area contributed by atoms with Crippen molar-refractivity contribution in [3.8, 4) is 35.4 Å². The molecule has 0 radical (unpaired) electrons. The zero-order valence-electron chi connectivity index (χ0n) is 26.5. The lowest BCUT2D eigenvalue weighted by Gasteiger charge is -2.51. The standard InChI is InChI=1S/C37H39F2N5O3/c1-2-26-29(38)11-10-23-19-25(45)20-27(31(23)26)33-32(39)34-28(21-40-33)35(43-14-6-17-46-18-16-43)42-36(41-34)47-22-37-12-4-9-30(37)44(15-5-13-37)24-7-3-8-24/h1,10-11,19-21,24,30,45H,3-9,12-18,22H2/t30-,37-/m1/s1. The Balaban J connectivity index is 1.23. The first kappa shape index (κ1) is 30.3. The van der Waals surface area contributed by atoms with Gasteiger partial charge in [0.15, 0.2) is 5.82 Å². The molecule has 2 saturated heterocycles. The number of ether oxygens (including phenoxy) is 2. The molecule has 0 amide bonds. The van der Waals surface area contributed by atoms with Gasteiger partial charge in [0.2, 0.25) is 0 Å². The van der Waals surface area contributed by atoms with Crippen molar-refractivity contribution in [2.24, 2.45) is 5.41 Å². The average Bonchev–Trinajstić information content (AvgIpc) is 3.30. The van der Waals surface area contributed by atoms with Crippen LogP contribution in [-0.4, -0.2) is 76.5 Å². The Kier molecular flexibility index (Phi) is 7.85. The molecule has 8 nitrogen and oxygen atoms in total. The van der Waals surface area contributed by atoms with Crippen molar-refractivity contribution in [1.82, 2.24) is 19.9 Å². The van der Waals surface area contributed by atoms with E-state index in [1.54, 1.807) is 6.20 Å². The molecule has 2 aliphatic carbocycles. The predicted molar refractivity (Wildman–Crippen MR) is 177 cm³/mol. The lowest BCUT2D eigenvalue weighted by atomic mass is 9.73. The van der Waals surface area contributed by atoms with E-state index in [4.69, 9.17) is 20.9 Å². The SMILES string of the molecule is C#Cc1c(F)ccc2cc(O)cc(-c3ncc4c(N5CCCOCC5)nc(OC[C@]56CCC[C@H]5N(C5CCC5)CCC6)nc4c3F)c12. The van der Waals surface area contributed by atoms with Crippen LogP contribution in [0, 0.1) is 29.4 Å². The van der Waals surface area contributed by atoms with E-state index in [9.17, 15) is 9.50 Å². The summed E-state index contributed by atoms with van der Waals surface area (Å²) in [4.78, 5) is 18.9. The van der Waals surface area contributed by atoms with E-state index in [1.165, 1.54) is 56.4 Å². The second-order valence-electron chi connectivity index (χ2n) is 13.6. The number of hydrogen-bond acceptors (Lipinski definition) is 8. The molecule has 2 atom stereocenters. The van der Waals surface area contributed by atoms with Gasteiger partial charge in [0.05, 0.1) is 24.2 Å². The first-order chi connectivity index (χ1) is 23.0. The number of piperidine rings is 1. The summed E-state index contributed by atoms with van der Waals surface area (Å²) in [5, 5.41) is 11.8. The van der Waals surface area contributed by atoms with Crippen LogP contribution in [0.2, 0.25) is 0 Å². The maximum atomic E-state index is 16.9. The molecule has 2 aromatic carbocycles. The molecule has 0 unspecified atom stereocenters. The fraction of sp³-hybridized carbons (Fsp3) is 0.486. The average molecular weight is 640 g/mol. The fourth-order valence-corrected chi connectivity index (χ4v) is 8.53. The van der Waals surface area contributed by atoms with Crippen LogP contribution < -0.4 is 9.64 Å². The van der Waals surface area contributed by atoms with Crippen molar-refractivity contribution in [1.29, 1.82) is 0 Å². The minimum atomic E-state index is -0.716. The van der Waals surface area contributed by atoms with Crippen molar-refractivity contribution in [2.75, 3.05) is 44.4 Å². The van der Waals surface area contributed by atoms with Gasteiger partial charge in [-0.1, -0.05) is 24.8 Å². The molecule has 0 bridgehead atoms. The van der Waals surface area contributed by atoms with Gasteiger partial charge < -0.3 is 19.5 Å². The monoisotopic (exact) mass is 639 g/mol. The van der Waals surface area contributed by atoms with Gasteiger partial charge in [-0.25, -0.2) is 8.78 Å². The Hall–Kier alpha value is -4.07. The smallest absolute Gasteiger partial charge is 0.319 e. The molecule has 4 aliphatic rings. The molecule has 1 N–H and O–H groups in total. The quantitative estimate of drug-likeness (QED) is 0.236. The van der Waals surface area contributed by atoms with Crippen molar-refractivity contribution < 1.29 is 23.4 Å². The molecule has 10 heteroatoms. The molecular weight excluding hydrogens is 600 g/mol. The minimum absolute atomic E-state index is 0.0236. The number of nitrogens with zero attached hydrogens (tertiary/aromatic N) is 5. The van der Waals surface area contributed by atoms with E-state index in [-0.39, 0.29) is 39.5 Å². The molecule has 4 aromatic rings. The Morgan fingerprint density at radius 2 is 1.89 bits per heavy atom. The number of halogens is 2. The van der Waals surface area contributed by atoms with Crippen LogP contribution in [0.3, 0.4) is 0 Å². The molecule has 244 valence electrons. The predicted octanol–water partition coefficient (Wildman–Crippen LogP) is 6.60. The second kappa shape index (κ2) is 12.2. The second-order valence-corrected chi connectivity index (χ2v) is 13.6. The van der Waals surface area contributed by atoms with E-state index < -0.39 is 11.6 Å². The molecule has 2 aromatic heterocycles.